The summed E-state index contributed by atoms with van der Waals surface area (Å²) < 4.78 is 7.31. The zero-order valence-corrected chi connectivity index (χ0v) is 14.8. The highest BCUT2D eigenvalue weighted by molar-refractivity contribution is 5.78. The average molecular weight is 347 g/mol. The summed E-state index contributed by atoms with van der Waals surface area (Å²) in [5, 5.41) is 0. The zero-order chi connectivity index (χ0) is 18.0. The van der Waals surface area contributed by atoms with Crippen molar-refractivity contribution in [3.8, 4) is 0 Å². The quantitative estimate of drug-likeness (QED) is 0.783. The van der Waals surface area contributed by atoms with Gasteiger partial charge in [0.15, 0.2) is 0 Å². The lowest BCUT2D eigenvalue weighted by Gasteiger charge is -2.43. The van der Waals surface area contributed by atoms with E-state index in [4.69, 9.17) is 4.74 Å². The monoisotopic (exact) mass is 347 g/mol. The number of pyridine rings is 1. The number of amides is 2. The number of piperidine rings is 1. The Hall–Kier alpha value is -2.15. The van der Waals surface area contributed by atoms with E-state index >= 15 is 0 Å². The van der Waals surface area contributed by atoms with Crippen LogP contribution in [0.4, 0.5) is 0 Å². The number of rotatable bonds is 3. The Morgan fingerprint density at radius 3 is 2.84 bits per heavy atom. The van der Waals surface area contributed by atoms with Crippen molar-refractivity contribution in [1.82, 2.24) is 14.4 Å². The molecule has 0 saturated carbocycles. The molecule has 1 aromatic rings. The summed E-state index contributed by atoms with van der Waals surface area (Å²) in [7, 11) is 3.51. The number of hydrogen-bond acceptors (Lipinski definition) is 4. The smallest absolute Gasteiger partial charge is 0.250 e. The first-order valence-corrected chi connectivity index (χ1v) is 8.71. The molecule has 2 saturated heterocycles. The van der Waals surface area contributed by atoms with Crippen molar-refractivity contribution in [2.24, 2.45) is 11.8 Å². The number of carbonyl (C=O) groups is 2. The van der Waals surface area contributed by atoms with Crippen LogP contribution in [-0.4, -0.2) is 66.1 Å². The van der Waals surface area contributed by atoms with Crippen molar-refractivity contribution < 1.29 is 14.3 Å². The van der Waals surface area contributed by atoms with Gasteiger partial charge in [0.25, 0.3) is 5.56 Å². The molecule has 7 heteroatoms. The van der Waals surface area contributed by atoms with Crippen molar-refractivity contribution in [2.75, 3.05) is 33.8 Å². The molecule has 7 nitrogen and oxygen atoms in total. The summed E-state index contributed by atoms with van der Waals surface area (Å²) in [4.78, 5) is 39.9. The summed E-state index contributed by atoms with van der Waals surface area (Å²) in [6, 6.07) is 4.86. The van der Waals surface area contributed by atoms with Crippen LogP contribution in [0.25, 0.3) is 0 Å². The van der Waals surface area contributed by atoms with Crippen LogP contribution in [-0.2, 0) is 20.9 Å². The van der Waals surface area contributed by atoms with E-state index < -0.39 is 0 Å². The van der Waals surface area contributed by atoms with Crippen LogP contribution in [0.15, 0.2) is 29.2 Å². The zero-order valence-electron chi connectivity index (χ0n) is 14.8. The van der Waals surface area contributed by atoms with E-state index in [0.717, 1.165) is 12.8 Å². The number of aromatic nitrogens is 1. The van der Waals surface area contributed by atoms with E-state index in [9.17, 15) is 14.4 Å². The molecule has 0 aromatic carbocycles. The molecule has 0 spiro atoms. The fourth-order valence-corrected chi connectivity index (χ4v) is 3.73. The summed E-state index contributed by atoms with van der Waals surface area (Å²) >= 11 is 0. The van der Waals surface area contributed by atoms with E-state index in [2.05, 4.69) is 0 Å². The van der Waals surface area contributed by atoms with Gasteiger partial charge in [0, 0.05) is 45.4 Å². The molecule has 1 aromatic heterocycles. The maximum atomic E-state index is 12.6. The van der Waals surface area contributed by atoms with Crippen LogP contribution in [0.5, 0.6) is 0 Å². The predicted molar refractivity (Wildman–Crippen MR) is 91.9 cm³/mol. The van der Waals surface area contributed by atoms with Gasteiger partial charge in [-0.3, -0.25) is 14.4 Å². The first kappa shape index (κ1) is 17.7. The number of hydrogen-bond donors (Lipinski definition) is 0. The molecule has 0 N–H and O–H groups in total. The Morgan fingerprint density at radius 2 is 2.12 bits per heavy atom. The van der Waals surface area contributed by atoms with Crippen molar-refractivity contribution in [2.45, 2.75) is 25.5 Å². The average Bonchev–Trinajstić information content (AvgIpc) is 2.61. The Morgan fingerprint density at radius 1 is 1.32 bits per heavy atom. The van der Waals surface area contributed by atoms with Crippen molar-refractivity contribution >= 4 is 11.8 Å². The lowest BCUT2D eigenvalue weighted by Crippen LogP contribution is -2.52. The molecule has 2 amide bonds. The maximum absolute atomic E-state index is 12.6. The molecule has 3 atom stereocenters. The van der Waals surface area contributed by atoms with Gasteiger partial charge < -0.3 is 19.1 Å². The van der Waals surface area contributed by atoms with Crippen molar-refractivity contribution in [3.05, 3.63) is 34.7 Å². The molecule has 0 unspecified atom stereocenters. The van der Waals surface area contributed by atoms with Gasteiger partial charge in [-0.05, 0) is 18.9 Å². The number of fused-ring (bicyclic) bond motifs is 1. The molecular weight excluding hydrogens is 322 g/mol. The van der Waals surface area contributed by atoms with Gasteiger partial charge in [0.1, 0.15) is 6.54 Å². The Labute approximate surface area is 147 Å². The summed E-state index contributed by atoms with van der Waals surface area (Å²) in [5.74, 6) is 0.0569. The Bertz CT molecular complexity index is 700. The third kappa shape index (κ3) is 3.92. The molecule has 0 bridgehead atoms. The van der Waals surface area contributed by atoms with Gasteiger partial charge in [0.2, 0.25) is 11.8 Å². The molecule has 3 heterocycles. The van der Waals surface area contributed by atoms with Gasteiger partial charge in [-0.15, -0.1) is 0 Å². The number of likely N-dealkylation sites (tertiary alicyclic amines) is 1. The minimum Gasteiger partial charge on any atom is -0.377 e. The number of ether oxygens (including phenoxy) is 1. The van der Waals surface area contributed by atoms with Crippen LogP contribution in [0, 0.1) is 11.8 Å². The van der Waals surface area contributed by atoms with E-state index in [-0.39, 0.29) is 41.9 Å². The summed E-state index contributed by atoms with van der Waals surface area (Å²) in [6.45, 7) is 1.74. The molecule has 25 heavy (non-hydrogen) atoms. The SMILES string of the molecule is CN(C)C(=O)[C@@H]1CO[C@@H]2CCN(C(=O)Cn3ccccc3=O)C[C@@H]2C1. The number of nitrogens with zero attached hydrogens (tertiary/aromatic N) is 3. The highest BCUT2D eigenvalue weighted by atomic mass is 16.5. The fourth-order valence-electron chi connectivity index (χ4n) is 3.73. The second-order valence-electron chi connectivity index (χ2n) is 7.09. The Kier molecular flexibility index (Phi) is 5.22. The molecule has 0 radical (unpaired) electrons. The highest BCUT2D eigenvalue weighted by Gasteiger charge is 2.39. The molecular formula is C18H25N3O4. The summed E-state index contributed by atoms with van der Waals surface area (Å²) in [5.41, 5.74) is -0.177. The highest BCUT2D eigenvalue weighted by Crippen LogP contribution is 2.32. The van der Waals surface area contributed by atoms with E-state index in [1.54, 1.807) is 42.2 Å². The van der Waals surface area contributed by atoms with E-state index in [1.807, 2.05) is 0 Å². The predicted octanol–water partition coefficient (Wildman–Crippen LogP) is 0.190. The van der Waals surface area contributed by atoms with Crippen molar-refractivity contribution in [1.29, 1.82) is 0 Å². The van der Waals surface area contributed by atoms with E-state index in [1.165, 1.54) is 10.6 Å². The first-order valence-electron chi connectivity index (χ1n) is 8.71. The normalized spacial score (nSPS) is 26.0. The maximum Gasteiger partial charge on any atom is 0.250 e. The van der Waals surface area contributed by atoms with Crippen LogP contribution >= 0.6 is 0 Å². The topological polar surface area (TPSA) is 71.8 Å². The van der Waals surface area contributed by atoms with Crippen LogP contribution in [0.3, 0.4) is 0 Å². The van der Waals surface area contributed by atoms with Crippen LogP contribution in [0.2, 0.25) is 0 Å². The lowest BCUT2D eigenvalue weighted by molar-refractivity contribution is -0.150. The number of carbonyl (C=O) groups excluding carboxylic acids is 2. The standard InChI is InChI=1S/C18H25N3O4/c1-19(2)18(24)14-9-13-10-21(8-6-15(13)25-12-14)17(23)11-20-7-4-3-5-16(20)22/h3-5,7,13-15H,6,8-12H2,1-2H3/t13-,14-,15+/m0/s1. The minimum atomic E-state index is -0.177. The van der Waals surface area contributed by atoms with Crippen LogP contribution in [0.1, 0.15) is 12.8 Å². The van der Waals surface area contributed by atoms with Gasteiger partial charge in [0.05, 0.1) is 18.6 Å². The molecule has 0 aliphatic carbocycles. The largest absolute Gasteiger partial charge is 0.377 e. The first-order chi connectivity index (χ1) is 12.0. The van der Waals surface area contributed by atoms with Gasteiger partial charge >= 0.3 is 0 Å². The van der Waals surface area contributed by atoms with Crippen molar-refractivity contribution in [3.63, 3.8) is 0 Å². The molecule has 2 aliphatic rings. The third-order valence-electron chi connectivity index (χ3n) is 5.11. The van der Waals surface area contributed by atoms with Gasteiger partial charge in [-0.1, -0.05) is 6.07 Å². The van der Waals surface area contributed by atoms with E-state index in [0.29, 0.717) is 19.7 Å². The summed E-state index contributed by atoms with van der Waals surface area (Å²) in [6.07, 6.45) is 3.28. The van der Waals surface area contributed by atoms with Crippen LogP contribution < -0.4 is 5.56 Å². The minimum absolute atomic E-state index is 0.0535. The fraction of sp³-hybridized carbons (Fsp3) is 0.611. The third-order valence-corrected chi connectivity index (χ3v) is 5.11. The molecule has 2 fully saturated rings. The second-order valence-corrected chi connectivity index (χ2v) is 7.09. The van der Waals surface area contributed by atoms with Gasteiger partial charge in [-0.25, -0.2) is 0 Å². The molecule has 136 valence electrons. The lowest BCUT2D eigenvalue weighted by atomic mass is 9.83. The van der Waals surface area contributed by atoms with Gasteiger partial charge in [-0.2, -0.15) is 0 Å². The second kappa shape index (κ2) is 7.39. The molecule has 2 aliphatic heterocycles. The Balaban J connectivity index is 1.62. The molecule has 3 rings (SSSR count).